The Bertz CT molecular complexity index is 523. The number of piperazine rings is 1. The van der Waals surface area contributed by atoms with Gasteiger partial charge >= 0.3 is 0 Å². The Labute approximate surface area is 155 Å². The van der Waals surface area contributed by atoms with Gasteiger partial charge in [-0.1, -0.05) is 5.16 Å². The maximum atomic E-state index is 5.71. The molecule has 1 aromatic rings. The molecule has 1 atom stereocenters. The summed E-state index contributed by atoms with van der Waals surface area (Å²) >= 11 is 0. The molecule has 8 heteroatoms. The van der Waals surface area contributed by atoms with Crippen LogP contribution in [0.3, 0.4) is 0 Å². The lowest BCUT2D eigenvalue weighted by Crippen LogP contribution is -2.52. The molecule has 0 amide bonds. The van der Waals surface area contributed by atoms with Crippen LogP contribution in [0.5, 0.6) is 0 Å². The van der Waals surface area contributed by atoms with Crippen molar-refractivity contribution >= 4 is 5.96 Å². The van der Waals surface area contributed by atoms with Gasteiger partial charge in [0.05, 0.1) is 31.6 Å². The highest BCUT2D eigenvalue weighted by Gasteiger charge is 2.20. The van der Waals surface area contributed by atoms with Gasteiger partial charge in [-0.15, -0.1) is 0 Å². The number of aliphatic imine (C=N–C) groups is 1. The average molecular weight is 365 g/mol. The first-order chi connectivity index (χ1) is 12.8. The molecule has 0 radical (unpaired) electrons. The van der Waals surface area contributed by atoms with Crippen molar-refractivity contribution in [3.8, 4) is 0 Å². The Balaban J connectivity index is 1.37. The third kappa shape index (κ3) is 5.96. The average Bonchev–Trinajstić information content (AvgIpc) is 3.35. The summed E-state index contributed by atoms with van der Waals surface area (Å²) in [7, 11) is 0. The second-order valence-electron chi connectivity index (χ2n) is 6.70. The Morgan fingerprint density at radius 2 is 2.27 bits per heavy atom. The van der Waals surface area contributed by atoms with E-state index in [2.05, 4.69) is 27.2 Å². The molecule has 1 unspecified atom stereocenters. The van der Waals surface area contributed by atoms with Gasteiger partial charge in [0.25, 0.3) is 0 Å². The predicted octanol–water partition coefficient (Wildman–Crippen LogP) is 0.953. The normalized spacial score (nSPS) is 22.1. The zero-order valence-electron chi connectivity index (χ0n) is 15.7. The molecule has 26 heavy (non-hydrogen) atoms. The number of hydrogen-bond donors (Lipinski definition) is 1. The summed E-state index contributed by atoms with van der Waals surface area (Å²) in [6.45, 7) is 10.6. The number of rotatable bonds is 8. The number of nitrogens with zero attached hydrogens (tertiary/aromatic N) is 4. The molecule has 8 nitrogen and oxygen atoms in total. The van der Waals surface area contributed by atoms with Gasteiger partial charge in [0.15, 0.2) is 5.96 Å². The molecule has 0 aliphatic carbocycles. The molecule has 146 valence electrons. The monoisotopic (exact) mass is 365 g/mol. The summed E-state index contributed by atoms with van der Waals surface area (Å²) in [5.74, 6) is 0.981. The summed E-state index contributed by atoms with van der Waals surface area (Å²) in [5, 5.41) is 7.39. The fourth-order valence-electron chi connectivity index (χ4n) is 3.30. The van der Waals surface area contributed by atoms with E-state index in [1.807, 2.05) is 6.07 Å². The van der Waals surface area contributed by atoms with E-state index in [-0.39, 0.29) is 6.10 Å². The molecule has 2 aliphatic heterocycles. The van der Waals surface area contributed by atoms with E-state index in [1.54, 1.807) is 6.26 Å². The van der Waals surface area contributed by atoms with Crippen molar-refractivity contribution in [3.05, 3.63) is 18.0 Å². The van der Waals surface area contributed by atoms with Crippen LogP contribution in [0.1, 0.15) is 25.5 Å². The van der Waals surface area contributed by atoms with Crippen molar-refractivity contribution in [2.45, 2.75) is 32.4 Å². The molecule has 1 N–H and O–H groups in total. The zero-order chi connectivity index (χ0) is 18.0. The first kappa shape index (κ1) is 19.1. The molecule has 0 spiro atoms. The van der Waals surface area contributed by atoms with Crippen molar-refractivity contribution < 1.29 is 14.0 Å². The third-order valence-corrected chi connectivity index (χ3v) is 4.71. The van der Waals surface area contributed by atoms with E-state index in [0.29, 0.717) is 19.8 Å². The van der Waals surface area contributed by atoms with Crippen molar-refractivity contribution in [1.29, 1.82) is 0 Å². The fourth-order valence-corrected chi connectivity index (χ4v) is 3.30. The van der Waals surface area contributed by atoms with E-state index in [0.717, 1.165) is 70.4 Å². The van der Waals surface area contributed by atoms with Crippen LogP contribution in [-0.4, -0.2) is 86.1 Å². The number of guanidine groups is 1. The summed E-state index contributed by atoms with van der Waals surface area (Å²) in [5.41, 5.74) is 0.988. The lowest BCUT2D eigenvalue weighted by Gasteiger charge is -2.36. The number of nitrogens with one attached hydrogen (secondary N) is 1. The van der Waals surface area contributed by atoms with Gasteiger partial charge in [-0.2, -0.15) is 0 Å². The molecular weight excluding hydrogens is 334 g/mol. The van der Waals surface area contributed by atoms with Crippen LogP contribution in [-0.2, 0) is 16.0 Å². The Hall–Kier alpha value is -1.64. The van der Waals surface area contributed by atoms with Crippen LogP contribution >= 0.6 is 0 Å². The molecule has 1 aromatic heterocycles. The van der Waals surface area contributed by atoms with Crippen molar-refractivity contribution in [2.75, 3.05) is 59.1 Å². The quantitative estimate of drug-likeness (QED) is 0.418. The van der Waals surface area contributed by atoms with Gasteiger partial charge in [0.1, 0.15) is 6.26 Å². The first-order valence-electron chi connectivity index (χ1n) is 9.69. The smallest absolute Gasteiger partial charge is 0.194 e. The molecule has 0 bridgehead atoms. The van der Waals surface area contributed by atoms with Crippen LogP contribution in [0, 0.1) is 0 Å². The van der Waals surface area contributed by atoms with E-state index in [4.69, 9.17) is 19.0 Å². The maximum absolute atomic E-state index is 5.71. The van der Waals surface area contributed by atoms with Crippen molar-refractivity contribution in [1.82, 2.24) is 20.3 Å². The van der Waals surface area contributed by atoms with E-state index < -0.39 is 0 Å². The SMILES string of the molecule is CCNC(=NCCOCC1CCCO1)N1CCN(Cc2ccon2)CC1. The molecule has 0 saturated carbocycles. The lowest BCUT2D eigenvalue weighted by atomic mass is 10.2. The van der Waals surface area contributed by atoms with Crippen LogP contribution in [0.4, 0.5) is 0 Å². The largest absolute Gasteiger partial charge is 0.377 e. The first-order valence-corrected chi connectivity index (χ1v) is 9.69. The minimum atomic E-state index is 0.282. The second-order valence-corrected chi connectivity index (χ2v) is 6.70. The van der Waals surface area contributed by atoms with Gasteiger partial charge in [0.2, 0.25) is 0 Å². The van der Waals surface area contributed by atoms with E-state index >= 15 is 0 Å². The molecule has 3 rings (SSSR count). The molecular formula is C18H31N5O3. The Kier molecular flexibility index (Phi) is 7.72. The summed E-state index contributed by atoms with van der Waals surface area (Å²) in [4.78, 5) is 9.44. The lowest BCUT2D eigenvalue weighted by molar-refractivity contribution is 0.0199. The fraction of sp³-hybridized carbons (Fsp3) is 0.778. The third-order valence-electron chi connectivity index (χ3n) is 4.71. The molecule has 2 saturated heterocycles. The van der Waals surface area contributed by atoms with Gasteiger partial charge in [0, 0.05) is 51.9 Å². The molecule has 2 fully saturated rings. The van der Waals surface area contributed by atoms with Gasteiger partial charge in [-0.05, 0) is 19.8 Å². The molecule has 3 heterocycles. The highest BCUT2D eigenvalue weighted by atomic mass is 16.5. The number of ether oxygens (including phenoxy) is 2. The minimum Gasteiger partial charge on any atom is -0.377 e. The maximum Gasteiger partial charge on any atom is 0.194 e. The van der Waals surface area contributed by atoms with Gasteiger partial charge < -0.3 is 24.2 Å². The van der Waals surface area contributed by atoms with Crippen LogP contribution < -0.4 is 5.32 Å². The Morgan fingerprint density at radius 1 is 1.38 bits per heavy atom. The van der Waals surface area contributed by atoms with Crippen molar-refractivity contribution in [3.63, 3.8) is 0 Å². The van der Waals surface area contributed by atoms with E-state index in [9.17, 15) is 0 Å². The topological polar surface area (TPSA) is 75.4 Å². The summed E-state index contributed by atoms with van der Waals surface area (Å²) < 4.78 is 16.2. The standard InChI is InChI=1S/C18H31N5O3/c1-2-19-18(20-6-13-24-15-17-4-3-11-25-17)23-9-7-22(8-10-23)14-16-5-12-26-21-16/h5,12,17H,2-4,6-11,13-15H2,1H3,(H,19,20). The number of hydrogen-bond acceptors (Lipinski definition) is 6. The highest BCUT2D eigenvalue weighted by Crippen LogP contribution is 2.11. The number of aromatic nitrogens is 1. The predicted molar refractivity (Wildman–Crippen MR) is 99.1 cm³/mol. The van der Waals surface area contributed by atoms with Gasteiger partial charge in [-0.25, -0.2) is 0 Å². The van der Waals surface area contributed by atoms with Crippen molar-refractivity contribution in [2.24, 2.45) is 4.99 Å². The highest BCUT2D eigenvalue weighted by molar-refractivity contribution is 5.80. The minimum absolute atomic E-state index is 0.282. The summed E-state index contributed by atoms with van der Waals surface area (Å²) in [6, 6.07) is 1.93. The van der Waals surface area contributed by atoms with E-state index in [1.165, 1.54) is 0 Å². The van der Waals surface area contributed by atoms with Crippen LogP contribution in [0.25, 0.3) is 0 Å². The zero-order valence-corrected chi connectivity index (χ0v) is 15.7. The molecule has 2 aliphatic rings. The van der Waals surface area contributed by atoms with Gasteiger partial charge in [-0.3, -0.25) is 9.89 Å². The second kappa shape index (κ2) is 10.5. The van der Waals surface area contributed by atoms with Crippen LogP contribution in [0.2, 0.25) is 0 Å². The summed E-state index contributed by atoms with van der Waals surface area (Å²) in [6.07, 6.45) is 4.18. The Morgan fingerprint density at radius 3 is 2.96 bits per heavy atom. The van der Waals surface area contributed by atoms with Crippen LogP contribution in [0.15, 0.2) is 21.8 Å². The molecule has 0 aromatic carbocycles.